The third-order valence-electron chi connectivity index (χ3n) is 6.48. The van der Waals surface area contributed by atoms with Gasteiger partial charge in [-0.1, -0.05) is 56.4 Å². The molecular weight excluding hydrogens is 302 g/mol. The Balaban J connectivity index is 2.25. The molecule has 0 radical (unpaired) electrons. The Morgan fingerprint density at radius 1 is 1.32 bits per heavy atom. The van der Waals surface area contributed by atoms with Crippen LogP contribution in [0.3, 0.4) is 0 Å². The second-order valence-electron chi connectivity index (χ2n) is 8.32. The second kappa shape index (κ2) is 8.25. The summed E-state index contributed by atoms with van der Waals surface area (Å²) in [5.74, 6) is 2.06. The first kappa shape index (κ1) is 19.8. The molecule has 1 saturated carbocycles. The fraction of sp³-hybridized carbons (Fsp3) is 0.583. The van der Waals surface area contributed by atoms with Gasteiger partial charge in [-0.2, -0.15) is 0 Å². The topological polar surface area (TPSA) is 3.24 Å². The maximum absolute atomic E-state index is 4.11. The van der Waals surface area contributed by atoms with E-state index in [1.165, 1.54) is 30.4 Å². The van der Waals surface area contributed by atoms with Crippen LogP contribution in [0.5, 0.6) is 0 Å². The third-order valence-corrected chi connectivity index (χ3v) is 6.48. The number of allylic oxidation sites excluding steroid dienone is 6. The molecule has 0 bridgehead atoms. The van der Waals surface area contributed by atoms with E-state index in [2.05, 4.69) is 84.0 Å². The SMILES string of the molecule is C=C/C(=C\C=C(\C)C(=C)C)[C@H]1CC(C)C2C(C)=CN(C(C)CC)C2C1. The van der Waals surface area contributed by atoms with Crippen LogP contribution in [0, 0.1) is 17.8 Å². The van der Waals surface area contributed by atoms with Gasteiger partial charge in [0, 0.05) is 18.0 Å². The lowest BCUT2D eigenvalue weighted by Gasteiger charge is -2.43. The molecule has 1 heterocycles. The Morgan fingerprint density at radius 2 is 2.00 bits per heavy atom. The summed E-state index contributed by atoms with van der Waals surface area (Å²) in [6, 6.07) is 1.27. The van der Waals surface area contributed by atoms with E-state index in [0.717, 1.165) is 17.4 Å². The molecule has 0 aromatic rings. The van der Waals surface area contributed by atoms with Gasteiger partial charge < -0.3 is 4.90 Å². The van der Waals surface area contributed by atoms with Crippen molar-refractivity contribution in [2.24, 2.45) is 17.8 Å². The van der Waals surface area contributed by atoms with Gasteiger partial charge in [0.25, 0.3) is 0 Å². The Hall–Kier alpha value is -1.50. The summed E-state index contributed by atoms with van der Waals surface area (Å²) in [6.07, 6.45) is 12.7. The van der Waals surface area contributed by atoms with E-state index in [-0.39, 0.29) is 0 Å². The van der Waals surface area contributed by atoms with Gasteiger partial charge in [0.15, 0.2) is 0 Å². The summed E-state index contributed by atoms with van der Waals surface area (Å²) in [7, 11) is 0. The highest BCUT2D eigenvalue weighted by Crippen LogP contribution is 2.47. The van der Waals surface area contributed by atoms with E-state index in [9.17, 15) is 0 Å². The van der Waals surface area contributed by atoms with E-state index < -0.39 is 0 Å². The molecule has 0 aromatic heterocycles. The van der Waals surface area contributed by atoms with Crippen LogP contribution in [-0.4, -0.2) is 17.0 Å². The number of hydrogen-bond donors (Lipinski definition) is 0. The van der Waals surface area contributed by atoms with Gasteiger partial charge in [-0.15, -0.1) is 0 Å². The molecule has 1 aliphatic heterocycles. The van der Waals surface area contributed by atoms with Crippen LogP contribution in [-0.2, 0) is 0 Å². The van der Waals surface area contributed by atoms with Crippen LogP contribution >= 0.6 is 0 Å². The molecule has 0 spiro atoms. The summed E-state index contributed by atoms with van der Waals surface area (Å²) in [4.78, 5) is 2.65. The summed E-state index contributed by atoms with van der Waals surface area (Å²) in [5, 5.41) is 0. The van der Waals surface area contributed by atoms with E-state index in [1.807, 2.05) is 0 Å². The number of fused-ring (bicyclic) bond motifs is 1. The molecule has 0 N–H and O–H groups in total. The fourth-order valence-electron chi connectivity index (χ4n) is 4.66. The van der Waals surface area contributed by atoms with Crippen molar-refractivity contribution >= 4 is 0 Å². The maximum atomic E-state index is 4.11. The summed E-state index contributed by atoms with van der Waals surface area (Å²) in [5.41, 5.74) is 5.36. The van der Waals surface area contributed by atoms with E-state index >= 15 is 0 Å². The standard InChI is InChI=1S/C24H37N/c1-9-20(8)25-15-19(7)24-18(6)13-22(14-23(24)25)21(10-2)12-11-17(5)16(3)4/h10-12,15,18,20,22-24H,2-3,9,13-14H2,1,4-8H3/b17-11-,21-12+/t18?,20?,22-,23?,24?/m0/s1. The molecule has 138 valence electrons. The van der Waals surface area contributed by atoms with Gasteiger partial charge in [0.05, 0.1) is 0 Å². The van der Waals surface area contributed by atoms with E-state index in [4.69, 9.17) is 0 Å². The predicted molar refractivity (Wildman–Crippen MR) is 111 cm³/mol. The zero-order chi connectivity index (χ0) is 18.7. The number of hydrogen-bond acceptors (Lipinski definition) is 1. The van der Waals surface area contributed by atoms with Crippen molar-refractivity contribution in [3.05, 3.63) is 59.9 Å². The Labute approximate surface area is 155 Å². The van der Waals surface area contributed by atoms with Crippen LogP contribution in [0.2, 0.25) is 0 Å². The van der Waals surface area contributed by atoms with Gasteiger partial charge in [-0.25, -0.2) is 0 Å². The highest BCUT2D eigenvalue weighted by Gasteiger charge is 2.43. The third kappa shape index (κ3) is 4.19. The van der Waals surface area contributed by atoms with Crippen molar-refractivity contribution in [2.75, 3.05) is 0 Å². The minimum atomic E-state index is 0.605. The van der Waals surface area contributed by atoms with Gasteiger partial charge in [0.2, 0.25) is 0 Å². The Kier molecular flexibility index (Phi) is 6.54. The van der Waals surface area contributed by atoms with E-state index in [1.54, 1.807) is 5.57 Å². The molecule has 4 unspecified atom stereocenters. The molecule has 2 aliphatic rings. The van der Waals surface area contributed by atoms with Crippen LogP contribution in [0.4, 0.5) is 0 Å². The monoisotopic (exact) mass is 339 g/mol. The zero-order valence-corrected chi connectivity index (χ0v) is 17.2. The molecule has 1 fully saturated rings. The lowest BCUT2D eigenvalue weighted by molar-refractivity contribution is 0.105. The molecule has 2 rings (SSSR count). The molecule has 5 atom stereocenters. The predicted octanol–water partition coefficient (Wildman–Crippen LogP) is 6.67. The average molecular weight is 340 g/mol. The highest BCUT2D eigenvalue weighted by atomic mass is 15.2. The number of rotatable bonds is 6. The zero-order valence-electron chi connectivity index (χ0n) is 17.2. The van der Waals surface area contributed by atoms with Gasteiger partial charge in [0.1, 0.15) is 0 Å². The Bertz CT molecular complexity index is 604. The minimum Gasteiger partial charge on any atom is -0.371 e. The lowest BCUT2D eigenvalue weighted by Crippen LogP contribution is -2.44. The molecule has 1 nitrogen and oxygen atoms in total. The first-order valence-corrected chi connectivity index (χ1v) is 9.92. The highest BCUT2D eigenvalue weighted by molar-refractivity contribution is 5.34. The summed E-state index contributed by atoms with van der Waals surface area (Å²) >= 11 is 0. The first-order chi connectivity index (χ1) is 11.8. The van der Waals surface area contributed by atoms with Crippen LogP contribution in [0.25, 0.3) is 0 Å². The van der Waals surface area contributed by atoms with Crippen molar-refractivity contribution in [1.82, 2.24) is 4.90 Å². The van der Waals surface area contributed by atoms with Crippen molar-refractivity contribution in [3.63, 3.8) is 0 Å². The minimum absolute atomic E-state index is 0.605. The maximum Gasteiger partial charge on any atom is 0.0361 e. The van der Waals surface area contributed by atoms with E-state index in [0.29, 0.717) is 18.0 Å². The van der Waals surface area contributed by atoms with Gasteiger partial charge >= 0.3 is 0 Å². The molecule has 0 amide bonds. The van der Waals surface area contributed by atoms with Crippen LogP contribution < -0.4 is 0 Å². The Morgan fingerprint density at radius 3 is 2.56 bits per heavy atom. The molecule has 1 aliphatic carbocycles. The first-order valence-electron chi connectivity index (χ1n) is 9.92. The fourth-order valence-corrected chi connectivity index (χ4v) is 4.66. The molecule has 25 heavy (non-hydrogen) atoms. The largest absolute Gasteiger partial charge is 0.371 e. The van der Waals surface area contributed by atoms with Crippen LogP contribution in [0.1, 0.15) is 60.8 Å². The average Bonchev–Trinajstić information content (AvgIpc) is 2.91. The summed E-state index contributed by atoms with van der Waals surface area (Å²) in [6.45, 7) is 21.8. The molecule has 0 saturated heterocycles. The molecular formula is C24H37N. The second-order valence-corrected chi connectivity index (χ2v) is 8.32. The smallest absolute Gasteiger partial charge is 0.0361 e. The quantitative estimate of drug-likeness (QED) is 0.488. The molecule has 1 heteroatoms. The summed E-state index contributed by atoms with van der Waals surface area (Å²) < 4.78 is 0. The normalized spacial score (nSPS) is 31.4. The number of nitrogens with zero attached hydrogens (tertiary/aromatic N) is 1. The van der Waals surface area contributed by atoms with Gasteiger partial charge in [-0.05, 0) is 76.1 Å². The van der Waals surface area contributed by atoms with Crippen molar-refractivity contribution < 1.29 is 0 Å². The van der Waals surface area contributed by atoms with Crippen molar-refractivity contribution in [3.8, 4) is 0 Å². The van der Waals surface area contributed by atoms with Crippen molar-refractivity contribution in [1.29, 1.82) is 0 Å². The lowest BCUT2D eigenvalue weighted by atomic mass is 9.68. The van der Waals surface area contributed by atoms with Crippen molar-refractivity contribution in [2.45, 2.75) is 72.9 Å². The van der Waals surface area contributed by atoms with Gasteiger partial charge in [-0.3, -0.25) is 0 Å². The van der Waals surface area contributed by atoms with Crippen LogP contribution in [0.15, 0.2) is 59.9 Å². The molecule has 0 aromatic carbocycles.